The Kier molecular flexibility index (Phi) is 8.58. The summed E-state index contributed by atoms with van der Waals surface area (Å²) in [5, 5.41) is 3.36. The second-order valence-corrected chi connectivity index (χ2v) is 10.1. The van der Waals surface area contributed by atoms with Crippen molar-refractivity contribution >= 4 is 27.5 Å². The number of amides is 1. The number of sulfonamides is 1. The predicted octanol–water partition coefficient (Wildman–Crippen LogP) is 2.91. The molecule has 0 aliphatic carbocycles. The van der Waals surface area contributed by atoms with Crippen molar-refractivity contribution in [3.63, 3.8) is 0 Å². The van der Waals surface area contributed by atoms with Crippen LogP contribution < -0.4 is 14.8 Å². The van der Waals surface area contributed by atoms with Gasteiger partial charge in [0.1, 0.15) is 11.5 Å². The molecule has 1 aliphatic rings. The van der Waals surface area contributed by atoms with Gasteiger partial charge in [0.05, 0.1) is 25.0 Å². The Hall–Kier alpha value is -2.33. The summed E-state index contributed by atoms with van der Waals surface area (Å²) in [7, 11) is 0.873. The van der Waals surface area contributed by atoms with E-state index in [9.17, 15) is 13.2 Å². The summed E-state index contributed by atoms with van der Waals surface area (Å²) in [5.41, 5.74) is 0.725. The first-order valence-corrected chi connectivity index (χ1v) is 12.4. The summed E-state index contributed by atoms with van der Waals surface area (Å²) in [5.74, 6) is -0.0576. The van der Waals surface area contributed by atoms with Crippen LogP contribution in [-0.2, 0) is 19.6 Å². The molecule has 1 fully saturated rings. The third-order valence-electron chi connectivity index (χ3n) is 5.74. The van der Waals surface area contributed by atoms with E-state index in [-0.39, 0.29) is 23.9 Å². The van der Waals surface area contributed by atoms with E-state index in [1.54, 1.807) is 39.5 Å². The molecule has 1 amide bonds. The molecule has 0 saturated carbocycles. The van der Waals surface area contributed by atoms with Gasteiger partial charge < -0.3 is 19.5 Å². The number of nitrogens with zero attached hydrogens (tertiary/aromatic N) is 1. The second-order valence-electron chi connectivity index (χ2n) is 7.73. The van der Waals surface area contributed by atoms with E-state index >= 15 is 0 Å². The van der Waals surface area contributed by atoms with Crippen LogP contribution in [0.5, 0.6) is 11.5 Å². The number of hydrogen-bond donors (Lipinski definition) is 1. The highest BCUT2D eigenvalue weighted by atomic mass is 35.5. The Morgan fingerprint density at radius 1 is 1.09 bits per heavy atom. The molecule has 1 heterocycles. The van der Waals surface area contributed by atoms with Crippen molar-refractivity contribution in [2.75, 3.05) is 47.6 Å². The smallest absolute Gasteiger partial charge is 0.243 e. The van der Waals surface area contributed by atoms with E-state index in [4.69, 9.17) is 25.8 Å². The first-order chi connectivity index (χ1) is 15.8. The minimum atomic E-state index is -3.82. The molecule has 1 saturated heterocycles. The van der Waals surface area contributed by atoms with Crippen molar-refractivity contribution in [3.8, 4) is 11.5 Å². The lowest BCUT2D eigenvalue weighted by Gasteiger charge is -2.21. The lowest BCUT2D eigenvalue weighted by Crippen LogP contribution is -2.36. The molecule has 0 bridgehead atoms. The van der Waals surface area contributed by atoms with Crippen LogP contribution in [0.1, 0.15) is 17.9 Å². The van der Waals surface area contributed by atoms with Gasteiger partial charge in [-0.1, -0.05) is 11.6 Å². The Bertz CT molecular complexity index is 1060. The van der Waals surface area contributed by atoms with E-state index in [0.29, 0.717) is 36.1 Å². The van der Waals surface area contributed by atoms with Crippen LogP contribution in [0.25, 0.3) is 0 Å². The first kappa shape index (κ1) is 25.3. The summed E-state index contributed by atoms with van der Waals surface area (Å²) in [6.07, 6.45) is 0.662. The molecular formula is C23H29ClN2O6S. The Balaban J connectivity index is 1.95. The van der Waals surface area contributed by atoms with Gasteiger partial charge in [0, 0.05) is 49.9 Å². The number of halogens is 1. The maximum atomic E-state index is 13.3. The van der Waals surface area contributed by atoms with E-state index in [1.807, 2.05) is 0 Å². The van der Waals surface area contributed by atoms with Crippen LogP contribution in [0.15, 0.2) is 47.4 Å². The topological polar surface area (TPSA) is 94.2 Å². The summed E-state index contributed by atoms with van der Waals surface area (Å²) >= 11 is 5.93. The molecule has 0 spiro atoms. The normalized spacial score (nSPS) is 18.8. The van der Waals surface area contributed by atoms with E-state index in [2.05, 4.69) is 5.32 Å². The van der Waals surface area contributed by atoms with Crippen LogP contribution in [0, 0.1) is 5.92 Å². The number of carbonyl (C=O) groups excluding carboxylic acids is 1. The predicted molar refractivity (Wildman–Crippen MR) is 125 cm³/mol. The standard InChI is InChI=1S/C23H29ClN2O6S/c1-30-12-4-11-25-23(27)21-15-26(33(28,29)18-8-5-16(24)6-9-18)14-20(21)19-13-17(31-2)7-10-22(19)32-3/h5-10,13,20-21H,4,11-12,14-15H2,1-3H3,(H,25,27). The highest BCUT2D eigenvalue weighted by molar-refractivity contribution is 7.89. The Labute approximate surface area is 199 Å². The zero-order chi connectivity index (χ0) is 24.0. The Morgan fingerprint density at radius 2 is 1.82 bits per heavy atom. The van der Waals surface area contributed by atoms with Gasteiger partial charge in [-0.05, 0) is 48.9 Å². The minimum Gasteiger partial charge on any atom is -0.497 e. The summed E-state index contributed by atoms with van der Waals surface area (Å²) in [4.78, 5) is 13.3. The third-order valence-corrected chi connectivity index (χ3v) is 7.83. The molecule has 180 valence electrons. The van der Waals surface area contributed by atoms with Crippen molar-refractivity contribution in [2.45, 2.75) is 17.2 Å². The zero-order valence-electron chi connectivity index (χ0n) is 18.9. The van der Waals surface area contributed by atoms with Crippen molar-refractivity contribution in [3.05, 3.63) is 53.1 Å². The number of methoxy groups -OCH3 is 3. The van der Waals surface area contributed by atoms with Crippen molar-refractivity contribution in [1.29, 1.82) is 0 Å². The van der Waals surface area contributed by atoms with Gasteiger partial charge in [0.25, 0.3) is 0 Å². The average molecular weight is 497 g/mol. The van der Waals surface area contributed by atoms with Gasteiger partial charge in [0.15, 0.2) is 0 Å². The lowest BCUT2D eigenvalue weighted by molar-refractivity contribution is -0.124. The van der Waals surface area contributed by atoms with Crippen molar-refractivity contribution in [2.24, 2.45) is 5.92 Å². The van der Waals surface area contributed by atoms with Crippen LogP contribution in [-0.4, -0.2) is 66.2 Å². The van der Waals surface area contributed by atoms with Gasteiger partial charge in [-0.3, -0.25) is 4.79 Å². The average Bonchev–Trinajstić information content (AvgIpc) is 3.28. The van der Waals surface area contributed by atoms with Gasteiger partial charge in [0.2, 0.25) is 15.9 Å². The summed E-state index contributed by atoms with van der Waals surface area (Å²) in [6, 6.07) is 11.3. The quantitative estimate of drug-likeness (QED) is 0.508. The molecule has 2 unspecified atom stereocenters. The van der Waals surface area contributed by atoms with E-state index in [0.717, 1.165) is 5.56 Å². The van der Waals surface area contributed by atoms with Crippen molar-refractivity contribution in [1.82, 2.24) is 9.62 Å². The fraction of sp³-hybridized carbons (Fsp3) is 0.435. The monoisotopic (exact) mass is 496 g/mol. The molecule has 33 heavy (non-hydrogen) atoms. The highest BCUT2D eigenvalue weighted by Gasteiger charge is 2.44. The molecule has 10 heteroatoms. The molecule has 2 aromatic carbocycles. The molecule has 3 rings (SSSR count). The summed E-state index contributed by atoms with van der Waals surface area (Å²) < 4.78 is 44.0. The molecule has 0 aromatic heterocycles. The molecular weight excluding hydrogens is 468 g/mol. The fourth-order valence-corrected chi connectivity index (χ4v) is 5.61. The maximum Gasteiger partial charge on any atom is 0.243 e. The van der Waals surface area contributed by atoms with Gasteiger partial charge in [-0.15, -0.1) is 0 Å². The first-order valence-electron chi connectivity index (χ1n) is 10.6. The lowest BCUT2D eigenvalue weighted by atomic mass is 9.87. The minimum absolute atomic E-state index is 0.0477. The Morgan fingerprint density at radius 3 is 2.45 bits per heavy atom. The van der Waals surface area contributed by atoms with Crippen LogP contribution in [0.3, 0.4) is 0 Å². The molecule has 2 aromatic rings. The molecule has 2 atom stereocenters. The number of hydrogen-bond acceptors (Lipinski definition) is 6. The van der Waals surface area contributed by atoms with Crippen LogP contribution in [0.4, 0.5) is 0 Å². The number of carbonyl (C=O) groups is 1. The third kappa shape index (κ3) is 5.78. The molecule has 1 N–H and O–H groups in total. The number of nitrogens with one attached hydrogen (secondary N) is 1. The maximum absolute atomic E-state index is 13.3. The zero-order valence-corrected chi connectivity index (χ0v) is 20.5. The highest BCUT2D eigenvalue weighted by Crippen LogP contribution is 2.41. The van der Waals surface area contributed by atoms with Crippen molar-refractivity contribution < 1.29 is 27.4 Å². The largest absolute Gasteiger partial charge is 0.497 e. The SMILES string of the molecule is COCCCNC(=O)C1CN(S(=O)(=O)c2ccc(Cl)cc2)CC1c1cc(OC)ccc1OC. The van der Waals surface area contributed by atoms with Crippen LogP contribution >= 0.6 is 11.6 Å². The number of ether oxygens (including phenoxy) is 3. The summed E-state index contributed by atoms with van der Waals surface area (Å²) in [6.45, 7) is 1.14. The second kappa shape index (κ2) is 11.2. The van der Waals surface area contributed by atoms with E-state index in [1.165, 1.54) is 28.6 Å². The van der Waals surface area contributed by atoms with Gasteiger partial charge >= 0.3 is 0 Å². The van der Waals surface area contributed by atoms with Gasteiger partial charge in [-0.2, -0.15) is 4.31 Å². The van der Waals surface area contributed by atoms with Gasteiger partial charge in [-0.25, -0.2) is 8.42 Å². The van der Waals surface area contributed by atoms with E-state index < -0.39 is 21.9 Å². The number of benzene rings is 2. The molecule has 8 nitrogen and oxygen atoms in total. The van der Waals surface area contributed by atoms with Crippen LogP contribution in [0.2, 0.25) is 5.02 Å². The molecule has 0 radical (unpaired) electrons. The number of rotatable bonds is 10. The molecule has 1 aliphatic heterocycles. The fourth-order valence-electron chi connectivity index (χ4n) is 3.99.